The Balaban J connectivity index is 0.000000316. The monoisotopic (exact) mass is 789 g/mol. The number of hydrogen-bond acceptors (Lipinski definition) is 0. The van der Waals surface area contributed by atoms with Crippen LogP contribution in [0, 0.1) is 5.92 Å². The van der Waals surface area contributed by atoms with Gasteiger partial charge in [0.15, 0.2) is 0 Å². The minimum atomic E-state index is -0.294. The molecule has 0 aliphatic heterocycles. The van der Waals surface area contributed by atoms with E-state index in [1.54, 1.807) is 0 Å². The Morgan fingerprint density at radius 1 is 0.667 bits per heavy atom. The van der Waals surface area contributed by atoms with Gasteiger partial charge in [0.05, 0.1) is 0 Å². The molecule has 8 rings (SSSR count). The second-order valence-electron chi connectivity index (χ2n) is 16.3. The first-order valence-electron chi connectivity index (χ1n) is 22.4. The van der Waals surface area contributed by atoms with Gasteiger partial charge in [-0.25, -0.2) is 0 Å². The van der Waals surface area contributed by atoms with Crippen LogP contribution < -0.4 is 0 Å². The van der Waals surface area contributed by atoms with Gasteiger partial charge in [-0.15, -0.1) is 0 Å². The summed E-state index contributed by atoms with van der Waals surface area (Å²) in [5.74, 6) is 0.538. The third-order valence-corrected chi connectivity index (χ3v) is 11.8. The molecule has 0 N–H and O–H groups in total. The summed E-state index contributed by atoms with van der Waals surface area (Å²) < 4.78 is 0. The molecule has 0 aromatic heterocycles. The lowest BCUT2D eigenvalue weighted by molar-refractivity contribution is 0.546. The van der Waals surface area contributed by atoms with Crippen LogP contribution in [0.15, 0.2) is 199 Å². The normalized spacial score (nSPS) is 17.9. The van der Waals surface area contributed by atoms with Gasteiger partial charge in [-0.2, -0.15) is 0 Å². The van der Waals surface area contributed by atoms with Gasteiger partial charge in [0.25, 0.3) is 0 Å². The minimum absolute atomic E-state index is 0.213. The topological polar surface area (TPSA) is 0 Å². The van der Waals surface area contributed by atoms with Gasteiger partial charge in [-0.1, -0.05) is 236 Å². The van der Waals surface area contributed by atoms with E-state index in [0.29, 0.717) is 5.92 Å². The lowest BCUT2D eigenvalue weighted by Gasteiger charge is -2.40. The van der Waals surface area contributed by atoms with Gasteiger partial charge in [0, 0.05) is 11.3 Å². The second kappa shape index (κ2) is 22.0. The maximum Gasteiger partial charge on any atom is 0.0155 e. The fraction of sp³-hybridized carbons (Fsp3) is 0.267. The van der Waals surface area contributed by atoms with E-state index < -0.39 is 0 Å². The molecule has 0 amide bonds. The zero-order chi connectivity index (χ0) is 43.1. The highest BCUT2D eigenvalue weighted by Gasteiger charge is 2.38. The van der Waals surface area contributed by atoms with Crippen LogP contribution in [0.2, 0.25) is 0 Å². The van der Waals surface area contributed by atoms with E-state index in [4.69, 9.17) is 6.58 Å². The molecule has 0 nitrogen and oxygen atoms in total. The van der Waals surface area contributed by atoms with Crippen molar-refractivity contribution in [3.63, 3.8) is 0 Å². The van der Waals surface area contributed by atoms with E-state index in [2.05, 4.69) is 224 Å². The van der Waals surface area contributed by atoms with E-state index in [1.165, 1.54) is 91.6 Å². The van der Waals surface area contributed by atoms with Crippen molar-refractivity contribution in [3.05, 3.63) is 233 Å². The maximum atomic E-state index is 4.82. The summed E-state index contributed by atoms with van der Waals surface area (Å²) in [5, 5.41) is 0. The molecule has 5 aromatic rings. The molecule has 0 radical (unpaired) electrons. The number of benzene rings is 5. The van der Waals surface area contributed by atoms with Gasteiger partial charge >= 0.3 is 0 Å². The zero-order valence-corrected chi connectivity index (χ0v) is 37.9. The maximum absolute atomic E-state index is 4.82. The number of rotatable bonds is 6. The molecule has 0 bridgehead atoms. The molecule has 0 heteroatoms. The van der Waals surface area contributed by atoms with Crippen molar-refractivity contribution in [3.8, 4) is 11.1 Å². The van der Waals surface area contributed by atoms with Crippen LogP contribution in [-0.2, 0) is 11.8 Å². The Morgan fingerprint density at radius 2 is 1.22 bits per heavy atom. The Morgan fingerprint density at radius 3 is 1.85 bits per heavy atom. The molecule has 3 aliphatic rings. The fourth-order valence-electron chi connectivity index (χ4n) is 9.01. The summed E-state index contributed by atoms with van der Waals surface area (Å²) in [6.07, 6.45) is 20.7. The average molecular weight is 789 g/mol. The van der Waals surface area contributed by atoms with Gasteiger partial charge in [-0.3, -0.25) is 0 Å². The number of fused-ring (bicyclic) bond motifs is 4. The van der Waals surface area contributed by atoms with E-state index in [-0.39, 0.29) is 11.3 Å². The quantitative estimate of drug-likeness (QED) is 0.161. The molecular formula is C60H68. The van der Waals surface area contributed by atoms with Crippen LogP contribution in [0.1, 0.15) is 121 Å². The molecular weight excluding hydrogens is 721 g/mol. The summed E-state index contributed by atoms with van der Waals surface area (Å²) in [5.41, 5.74) is 18.4. The molecule has 0 spiro atoms. The van der Waals surface area contributed by atoms with E-state index in [9.17, 15) is 0 Å². The Labute approximate surface area is 364 Å². The van der Waals surface area contributed by atoms with Crippen molar-refractivity contribution >= 4 is 16.7 Å². The molecule has 2 unspecified atom stereocenters. The first kappa shape index (κ1) is 45.4. The van der Waals surface area contributed by atoms with Crippen molar-refractivity contribution in [2.45, 2.75) is 99.3 Å². The van der Waals surface area contributed by atoms with Crippen LogP contribution in [-0.4, -0.2) is 0 Å². The smallest absolute Gasteiger partial charge is 0.0155 e. The van der Waals surface area contributed by atoms with Crippen molar-refractivity contribution in [1.29, 1.82) is 0 Å². The molecule has 0 saturated carbocycles. The highest BCUT2D eigenvalue weighted by molar-refractivity contribution is 5.87. The number of hydrogen-bond donors (Lipinski definition) is 0. The Kier molecular flexibility index (Phi) is 16.7. The fourth-order valence-corrected chi connectivity index (χ4v) is 9.01. The highest BCUT2D eigenvalue weighted by Crippen LogP contribution is 2.52. The molecule has 0 saturated heterocycles. The first-order chi connectivity index (χ1) is 29.2. The first-order valence-corrected chi connectivity index (χ1v) is 22.4. The summed E-state index contributed by atoms with van der Waals surface area (Å²) in [4.78, 5) is 0. The average Bonchev–Trinajstić information content (AvgIpc) is 3.28. The Hall–Kier alpha value is -5.72. The van der Waals surface area contributed by atoms with Crippen LogP contribution in [0.4, 0.5) is 0 Å². The molecule has 0 fully saturated rings. The standard InChI is InChI=1S/C42H40.C13H14.C3H8.C2H6/c1-6-17-34-35(18-7-2)39-28-41(42(4,5)40-26-16-15-23-33(40)30-19-9-8-10-20-30)29(3)32-22-12-11-21-31(32)27-38(39)37-25-14-13-24-36(34)37;1-11-7-5-6-10-13(11)12-8-3-2-4-9-12;1-3-2;1-2/h6-26,28,38-39H,3,27H2,1-2,4-5H3;2-4,6,8-10H,5,7H2,1H3;3H2,1-2H3;1-2H3/b17-6-,18-7-,41-28+;;;. The second-order valence-corrected chi connectivity index (χ2v) is 16.3. The number of allylic oxidation sites excluding steroid dienone is 13. The molecule has 308 valence electrons. The summed E-state index contributed by atoms with van der Waals surface area (Å²) >= 11 is 0. The third-order valence-electron chi connectivity index (χ3n) is 11.8. The summed E-state index contributed by atoms with van der Waals surface area (Å²) in [6, 6.07) is 48.3. The van der Waals surface area contributed by atoms with Crippen LogP contribution in [0.5, 0.6) is 0 Å². The highest BCUT2D eigenvalue weighted by atomic mass is 14.4. The molecule has 0 heterocycles. The molecule has 2 atom stereocenters. The van der Waals surface area contributed by atoms with E-state index in [0.717, 1.165) is 12.0 Å². The van der Waals surface area contributed by atoms with Crippen LogP contribution in [0.3, 0.4) is 0 Å². The minimum Gasteiger partial charge on any atom is -0.0909 e. The van der Waals surface area contributed by atoms with Crippen molar-refractivity contribution in [1.82, 2.24) is 0 Å². The van der Waals surface area contributed by atoms with Crippen LogP contribution >= 0.6 is 0 Å². The van der Waals surface area contributed by atoms with Gasteiger partial charge < -0.3 is 0 Å². The summed E-state index contributed by atoms with van der Waals surface area (Å²) in [7, 11) is 0. The van der Waals surface area contributed by atoms with E-state index >= 15 is 0 Å². The van der Waals surface area contributed by atoms with Crippen LogP contribution in [0.25, 0.3) is 27.8 Å². The predicted octanol–water partition coefficient (Wildman–Crippen LogP) is 17.4. The predicted molar refractivity (Wildman–Crippen MR) is 266 cm³/mol. The van der Waals surface area contributed by atoms with Crippen molar-refractivity contribution in [2.24, 2.45) is 5.92 Å². The lowest BCUT2D eigenvalue weighted by atomic mass is 9.63. The SMILES string of the molecule is C=C1/C(C(C)(C)c2ccccc2-c2ccccc2)=C\C2C(/C=C\C)=C(/C=C\C)c3ccccc3C2Cc2ccccc21.CC.CC1=C(c2ccccc2)C=CCC1.CCC. The lowest BCUT2D eigenvalue weighted by Crippen LogP contribution is -2.28. The zero-order valence-electron chi connectivity index (χ0n) is 37.9. The van der Waals surface area contributed by atoms with E-state index in [1.807, 2.05) is 13.8 Å². The molecule has 5 aromatic carbocycles. The van der Waals surface area contributed by atoms with Gasteiger partial charge in [0.2, 0.25) is 0 Å². The largest absolute Gasteiger partial charge is 0.0909 e. The molecule has 3 aliphatic carbocycles. The Bertz CT molecular complexity index is 2370. The third kappa shape index (κ3) is 10.2. The van der Waals surface area contributed by atoms with Crippen molar-refractivity contribution < 1.29 is 0 Å². The van der Waals surface area contributed by atoms with Gasteiger partial charge in [0.1, 0.15) is 0 Å². The summed E-state index contributed by atoms with van der Waals surface area (Å²) in [6.45, 7) is 24.3. The van der Waals surface area contributed by atoms with Crippen molar-refractivity contribution in [2.75, 3.05) is 0 Å². The van der Waals surface area contributed by atoms with Gasteiger partial charge in [-0.05, 0) is 118 Å². The molecule has 60 heavy (non-hydrogen) atoms.